The van der Waals surface area contributed by atoms with Crippen LogP contribution < -0.4 is 4.90 Å². The number of alkyl halides is 2. The number of nitrogens with zero attached hydrogens (tertiary/aromatic N) is 6. The lowest BCUT2D eigenvalue weighted by molar-refractivity contribution is 0.158. The van der Waals surface area contributed by atoms with Gasteiger partial charge in [-0.25, -0.2) is 22.5 Å². The monoisotopic (exact) mass is 454 g/mol. The fourth-order valence-electron chi connectivity index (χ4n) is 3.63. The van der Waals surface area contributed by atoms with E-state index in [1.807, 2.05) is 6.92 Å². The van der Waals surface area contributed by atoms with Crippen molar-refractivity contribution in [3.05, 3.63) is 53.6 Å². The van der Waals surface area contributed by atoms with Crippen molar-refractivity contribution in [1.29, 1.82) is 0 Å². The molecule has 0 spiro atoms. The molecule has 4 aromatic rings. The normalized spacial score (nSPS) is 14.5. The zero-order chi connectivity index (χ0) is 23.3. The van der Waals surface area contributed by atoms with Crippen molar-refractivity contribution < 1.29 is 17.6 Å². The number of benzene rings is 1. The quantitative estimate of drug-likeness (QED) is 0.327. The van der Waals surface area contributed by atoms with Crippen molar-refractivity contribution in [2.45, 2.75) is 33.1 Å². The van der Waals surface area contributed by atoms with Gasteiger partial charge in [0.15, 0.2) is 11.6 Å². The molecule has 0 atom stereocenters. The molecule has 10 heteroatoms. The van der Waals surface area contributed by atoms with E-state index >= 15 is 4.39 Å². The first-order valence-corrected chi connectivity index (χ1v) is 10.3. The number of anilines is 2. The molecule has 168 valence electrons. The Bertz CT molecular complexity index is 1450. The lowest BCUT2D eigenvalue weighted by Crippen LogP contribution is -2.26. The molecule has 0 radical (unpaired) electrons. The highest BCUT2D eigenvalue weighted by Crippen LogP contribution is 2.44. The molecule has 0 amide bonds. The van der Waals surface area contributed by atoms with Crippen LogP contribution in [0.15, 0.2) is 30.5 Å². The molecule has 0 saturated heterocycles. The lowest BCUT2D eigenvalue weighted by Gasteiger charge is -2.25. The maximum atomic E-state index is 15.1. The molecule has 1 aromatic carbocycles. The van der Waals surface area contributed by atoms with Crippen molar-refractivity contribution in [3.8, 4) is 11.8 Å². The third-order valence-corrected chi connectivity index (χ3v) is 5.67. The number of aromatic nitrogens is 5. The van der Waals surface area contributed by atoms with E-state index in [9.17, 15) is 13.2 Å². The molecule has 33 heavy (non-hydrogen) atoms. The Morgan fingerprint density at radius 2 is 1.97 bits per heavy atom. The van der Waals surface area contributed by atoms with Gasteiger partial charge < -0.3 is 4.90 Å². The average molecular weight is 454 g/mol. The second-order valence-electron chi connectivity index (χ2n) is 8.29. The number of halogens is 4. The summed E-state index contributed by atoms with van der Waals surface area (Å²) in [6.07, 6.45) is 0.638. The van der Waals surface area contributed by atoms with Crippen LogP contribution >= 0.6 is 0 Å². The van der Waals surface area contributed by atoms with Crippen LogP contribution in [0.25, 0.3) is 16.7 Å². The van der Waals surface area contributed by atoms with Crippen LogP contribution in [0.4, 0.5) is 29.1 Å². The summed E-state index contributed by atoms with van der Waals surface area (Å²) in [5, 5.41) is 7.64. The summed E-state index contributed by atoms with van der Waals surface area (Å²) in [7, 11) is 0. The third-order valence-electron chi connectivity index (χ3n) is 5.67. The maximum absolute atomic E-state index is 15.1. The predicted octanol–water partition coefficient (Wildman–Crippen LogP) is 4.81. The number of hydrogen-bond donors (Lipinski definition) is 0. The molecule has 0 N–H and O–H groups in total. The van der Waals surface area contributed by atoms with Crippen molar-refractivity contribution in [3.63, 3.8) is 0 Å². The van der Waals surface area contributed by atoms with E-state index in [-0.39, 0.29) is 33.6 Å². The molecule has 5 rings (SSSR count). The van der Waals surface area contributed by atoms with Crippen LogP contribution in [0.2, 0.25) is 0 Å². The molecule has 1 aliphatic rings. The summed E-state index contributed by atoms with van der Waals surface area (Å²) in [5.41, 5.74) is 0.824. The Morgan fingerprint density at radius 3 is 2.70 bits per heavy atom. The number of aryl methyl sites for hydroxylation is 1. The van der Waals surface area contributed by atoms with Gasteiger partial charge in [0, 0.05) is 17.3 Å². The number of fused-ring (bicyclic) bond motifs is 3. The Kier molecular flexibility index (Phi) is 4.92. The van der Waals surface area contributed by atoms with Gasteiger partial charge in [-0.3, -0.25) is 4.40 Å². The van der Waals surface area contributed by atoms with Crippen molar-refractivity contribution in [2.24, 2.45) is 5.41 Å². The maximum Gasteiger partial charge on any atom is 0.257 e. The molecule has 0 aliphatic heterocycles. The van der Waals surface area contributed by atoms with E-state index in [0.29, 0.717) is 11.5 Å². The largest absolute Gasteiger partial charge is 0.320 e. The zero-order valence-electron chi connectivity index (χ0n) is 17.8. The van der Waals surface area contributed by atoms with Gasteiger partial charge >= 0.3 is 0 Å². The van der Waals surface area contributed by atoms with Crippen LogP contribution in [0.3, 0.4) is 0 Å². The van der Waals surface area contributed by atoms with Crippen molar-refractivity contribution in [1.82, 2.24) is 24.6 Å². The zero-order valence-corrected chi connectivity index (χ0v) is 17.8. The van der Waals surface area contributed by atoms with Crippen LogP contribution in [-0.2, 0) is 0 Å². The summed E-state index contributed by atoms with van der Waals surface area (Å²) in [6.45, 7) is 2.86. The number of hydrogen-bond acceptors (Lipinski definition) is 5. The minimum Gasteiger partial charge on any atom is -0.320 e. The van der Waals surface area contributed by atoms with E-state index in [4.69, 9.17) is 0 Å². The van der Waals surface area contributed by atoms with Gasteiger partial charge in [0.2, 0.25) is 0 Å². The first-order chi connectivity index (χ1) is 15.8. The molecule has 3 aromatic heterocycles. The topological polar surface area (TPSA) is 59.2 Å². The van der Waals surface area contributed by atoms with E-state index in [1.54, 1.807) is 6.92 Å². The smallest absolute Gasteiger partial charge is 0.257 e. The first-order valence-electron chi connectivity index (χ1n) is 10.3. The molecule has 1 fully saturated rings. The summed E-state index contributed by atoms with van der Waals surface area (Å²) in [6, 6.07) is 5.35. The van der Waals surface area contributed by atoms with Crippen LogP contribution in [-0.4, -0.2) is 37.5 Å². The fourth-order valence-corrected chi connectivity index (χ4v) is 3.63. The highest BCUT2D eigenvalue weighted by molar-refractivity contribution is 5.94. The Balaban J connectivity index is 1.74. The van der Waals surface area contributed by atoms with Crippen LogP contribution in [0, 0.1) is 35.8 Å². The number of rotatable bonds is 4. The summed E-state index contributed by atoms with van der Waals surface area (Å²) in [4.78, 5) is 9.63. The molecule has 6 nitrogen and oxygen atoms in total. The fraction of sp³-hybridized carbons (Fsp3) is 0.304. The second kappa shape index (κ2) is 7.69. The lowest BCUT2D eigenvalue weighted by atomic mass is 10.1. The van der Waals surface area contributed by atoms with Gasteiger partial charge in [0.25, 0.3) is 12.2 Å². The molecular weight excluding hydrogens is 436 g/mol. The van der Waals surface area contributed by atoms with E-state index in [2.05, 4.69) is 32.0 Å². The highest BCUT2D eigenvalue weighted by atomic mass is 19.3. The Hall–Kier alpha value is -3.74. The molecule has 0 bridgehead atoms. The molecule has 3 heterocycles. The summed E-state index contributed by atoms with van der Waals surface area (Å²) >= 11 is 0. The summed E-state index contributed by atoms with van der Waals surface area (Å²) < 4.78 is 58.0. The third kappa shape index (κ3) is 3.84. The van der Waals surface area contributed by atoms with Crippen LogP contribution in [0.5, 0.6) is 0 Å². The molecular formula is C23H18F4N6. The first kappa shape index (κ1) is 21.1. The van der Waals surface area contributed by atoms with Gasteiger partial charge in [-0.05, 0) is 56.9 Å². The van der Waals surface area contributed by atoms with Gasteiger partial charge in [-0.2, -0.15) is 4.98 Å². The minimum atomic E-state index is -2.79. The standard InChI is InChI=1S/C23H18F4N6/c1-13-30-31-22-29-21(19-17(33(13)22)4-3-16(24)20(19)27)32(12-18(25)26)15-6-10-28-14(11-15)5-7-23(2)8-9-23/h3-4,6,10-11,18H,8-9,12H2,1-2H3. The van der Waals surface area contributed by atoms with Crippen LogP contribution in [0.1, 0.15) is 31.3 Å². The highest BCUT2D eigenvalue weighted by Gasteiger charge is 2.35. The van der Waals surface area contributed by atoms with E-state index in [1.165, 1.54) is 28.8 Å². The van der Waals surface area contributed by atoms with Gasteiger partial charge in [0.05, 0.1) is 17.4 Å². The molecule has 0 unspecified atom stereocenters. The SMILES string of the molecule is Cc1nnc2nc(N(CC(F)F)c3ccnc(C#CC4(C)CC4)c3)c3c(F)c(F)ccc3n12. The van der Waals surface area contributed by atoms with Crippen molar-refractivity contribution >= 4 is 28.2 Å². The number of pyridine rings is 1. The second-order valence-corrected chi connectivity index (χ2v) is 8.29. The predicted molar refractivity (Wildman–Crippen MR) is 114 cm³/mol. The summed E-state index contributed by atoms with van der Waals surface area (Å²) in [5.74, 6) is 4.10. The van der Waals surface area contributed by atoms with E-state index < -0.39 is 24.6 Å². The van der Waals surface area contributed by atoms with E-state index in [0.717, 1.165) is 23.8 Å². The van der Waals surface area contributed by atoms with Gasteiger partial charge in [-0.1, -0.05) is 5.92 Å². The Morgan fingerprint density at radius 1 is 1.18 bits per heavy atom. The molecule has 1 saturated carbocycles. The van der Waals surface area contributed by atoms with Gasteiger partial charge in [0.1, 0.15) is 17.3 Å². The van der Waals surface area contributed by atoms with Crippen molar-refractivity contribution in [2.75, 3.05) is 11.4 Å². The Labute approximate surface area is 186 Å². The van der Waals surface area contributed by atoms with Gasteiger partial charge in [-0.15, -0.1) is 10.2 Å². The average Bonchev–Trinajstić information content (AvgIpc) is 3.42. The molecule has 1 aliphatic carbocycles. The minimum absolute atomic E-state index is 0.0463.